The number of benzene rings is 1. The van der Waals surface area contributed by atoms with Gasteiger partial charge in [-0.3, -0.25) is 14.6 Å². The summed E-state index contributed by atoms with van der Waals surface area (Å²) in [5.41, 5.74) is -0.708. The molecule has 1 fully saturated rings. The lowest BCUT2D eigenvalue weighted by molar-refractivity contribution is -0.133. The second kappa shape index (κ2) is 9.07. The molecule has 3 aromatic rings. The third-order valence-corrected chi connectivity index (χ3v) is 5.38. The van der Waals surface area contributed by atoms with Crippen molar-refractivity contribution in [3.8, 4) is 11.4 Å². The molecule has 1 amide bonds. The Kier molecular flexibility index (Phi) is 6.06. The van der Waals surface area contributed by atoms with Crippen molar-refractivity contribution in [3.63, 3.8) is 0 Å². The molecule has 10 heteroatoms. The summed E-state index contributed by atoms with van der Waals surface area (Å²) in [6, 6.07) is 7.50. The third-order valence-electron chi connectivity index (χ3n) is 5.38. The second-order valence-electron chi connectivity index (χ2n) is 7.60. The zero-order chi connectivity index (χ0) is 21.8. The van der Waals surface area contributed by atoms with E-state index in [0.717, 1.165) is 12.8 Å². The summed E-state index contributed by atoms with van der Waals surface area (Å²) in [6.07, 6.45) is 3.82. The Hall–Kier alpha value is -3.56. The summed E-state index contributed by atoms with van der Waals surface area (Å²) in [5, 5.41) is 3.88. The molecule has 9 nitrogen and oxygen atoms in total. The fourth-order valence-corrected chi connectivity index (χ4v) is 3.79. The predicted octanol–water partition coefficient (Wildman–Crippen LogP) is 1.60. The molecular formula is C21H22FN5O4. The van der Waals surface area contributed by atoms with Gasteiger partial charge in [-0.15, -0.1) is 0 Å². The van der Waals surface area contributed by atoms with E-state index in [2.05, 4.69) is 15.1 Å². The van der Waals surface area contributed by atoms with Crippen molar-refractivity contribution in [2.24, 2.45) is 5.92 Å². The van der Waals surface area contributed by atoms with Gasteiger partial charge in [0, 0.05) is 44.7 Å². The van der Waals surface area contributed by atoms with Crippen molar-refractivity contribution in [2.45, 2.75) is 32.2 Å². The van der Waals surface area contributed by atoms with Gasteiger partial charge in [0.05, 0.1) is 5.56 Å². The van der Waals surface area contributed by atoms with E-state index in [4.69, 9.17) is 4.52 Å². The minimum Gasteiger partial charge on any atom is -0.342 e. The molecule has 1 atom stereocenters. The maximum absolute atomic E-state index is 13.9. The maximum Gasteiger partial charge on any atom is 0.328 e. The number of aryl methyl sites for hydroxylation is 1. The van der Waals surface area contributed by atoms with Crippen LogP contribution in [-0.2, 0) is 17.8 Å². The molecule has 0 radical (unpaired) electrons. The van der Waals surface area contributed by atoms with E-state index in [1.165, 1.54) is 22.9 Å². The highest BCUT2D eigenvalue weighted by Crippen LogP contribution is 2.23. The quantitative estimate of drug-likeness (QED) is 0.639. The fraction of sp³-hybridized carbons (Fsp3) is 0.381. The number of piperidine rings is 1. The standard InChI is InChI=1S/C21H22FN5O4/c22-16-6-2-1-5-15(16)20-24-18(31-25-20)12-14-4-3-9-27(13-14)19(29)8-11-26-10-7-17(28)23-21(26)30/h1-2,5-7,10,14H,3-4,8-9,11-13H2,(H,23,28,30)/t14-/m1/s1. The molecule has 1 aromatic carbocycles. The molecule has 0 aliphatic carbocycles. The Morgan fingerprint density at radius 3 is 2.90 bits per heavy atom. The van der Waals surface area contributed by atoms with E-state index in [-0.39, 0.29) is 36.2 Å². The van der Waals surface area contributed by atoms with Crippen LogP contribution in [-0.4, -0.2) is 43.6 Å². The number of carbonyl (C=O) groups is 1. The topological polar surface area (TPSA) is 114 Å². The molecule has 0 spiro atoms. The number of nitrogens with zero attached hydrogens (tertiary/aromatic N) is 4. The molecule has 0 saturated carbocycles. The Labute approximate surface area is 176 Å². The number of rotatable bonds is 6. The molecule has 3 heterocycles. The average Bonchev–Trinajstić information content (AvgIpc) is 3.21. The zero-order valence-corrected chi connectivity index (χ0v) is 16.8. The lowest BCUT2D eigenvalue weighted by Gasteiger charge is -2.32. The van der Waals surface area contributed by atoms with Crippen molar-refractivity contribution in [1.82, 2.24) is 24.6 Å². The Morgan fingerprint density at radius 1 is 1.26 bits per heavy atom. The van der Waals surface area contributed by atoms with E-state index >= 15 is 0 Å². The molecule has 1 N–H and O–H groups in total. The normalized spacial score (nSPS) is 16.4. The van der Waals surface area contributed by atoms with E-state index in [0.29, 0.717) is 25.4 Å². The van der Waals surface area contributed by atoms with Crippen LogP contribution in [0.25, 0.3) is 11.4 Å². The predicted molar refractivity (Wildman–Crippen MR) is 109 cm³/mol. The first-order chi connectivity index (χ1) is 15.0. The Balaban J connectivity index is 1.34. The van der Waals surface area contributed by atoms with E-state index in [9.17, 15) is 18.8 Å². The number of aromatic amines is 1. The summed E-state index contributed by atoms with van der Waals surface area (Å²) < 4.78 is 20.5. The van der Waals surface area contributed by atoms with Gasteiger partial charge in [0.25, 0.3) is 5.56 Å². The van der Waals surface area contributed by atoms with Crippen LogP contribution in [0.3, 0.4) is 0 Å². The van der Waals surface area contributed by atoms with Gasteiger partial charge >= 0.3 is 5.69 Å². The largest absolute Gasteiger partial charge is 0.342 e. The first kappa shape index (κ1) is 20.7. The number of hydrogen-bond acceptors (Lipinski definition) is 6. The van der Waals surface area contributed by atoms with Crippen molar-refractivity contribution in [3.05, 3.63) is 69.1 Å². The second-order valence-corrected chi connectivity index (χ2v) is 7.60. The van der Waals surface area contributed by atoms with Gasteiger partial charge in [-0.05, 0) is 30.9 Å². The first-order valence-electron chi connectivity index (χ1n) is 10.1. The molecule has 0 unspecified atom stereocenters. The Bertz CT molecular complexity index is 1180. The fourth-order valence-electron chi connectivity index (χ4n) is 3.79. The van der Waals surface area contributed by atoms with Crippen molar-refractivity contribution in [1.29, 1.82) is 0 Å². The smallest absolute Gasteiger partial charge is 0.328 e. The molecule has 1 saturated heterocycles. The monoisotopic (exact) mass is 427 g/mol. The molecule has 1 aliphatic rings. The van der Waals surface area contributed by atoms with E-state index < -0.39 is 17.1 Å². The average molecular weight is 427 g/mol. The van der Waals surface area contributed by atoms with Crippen LogP contribution in [0.2, 0.25) is 0 Å². The molecule has 31 heavy (non-hydrogen) atoms. The van der Waals surface area contributed by atoms with Gasteiger partial charge in [0.1, 0.15) is 5.82 Å². The van der Waals surface area contributed by atoms with E-state index in [1.807, 2.05) is 0 Å². The minimum atomic E-state index is -0.529. The SMILES string of the molecule is O=C(CCn1ccc(=O)[nH]c1=O)N1CCC[C@H](Cc2nc(-c3ccccc3F)no2)C1. The molecule has 0 bridgehead atoms. The van der Waals surface area contributed by atoms with Gasteiger partial charge in [-0.2, -0.15) is 4.98 Å². The van der Waals surface area contributed by atoms with Crippen LogP contribution < -0.4 is 11.2 Å². The molecular weight excluding hydrogens is 405 g/mol. The first-order valence-corrected chi connectivity index (χ1v) is 10.1. The third kappa shape index (κ3) is 4.96. The van der Waals surface area contributed by atoms with E-state index in [1.54, 1.807) is 23.1 Å². The van der Waals surface area contributed by atoms with Crippen molar-refractivity contribution < 1.29 is 13.7 Å². The number of carbonyl (C=O) groups excluding carboxylic acids is 1. The number of nitrogens with one attached hydrogen (secondary N) is 1. The minimum absolute atomic E-state index is 0.0552. The lowest BCUT2D eigenvalue weighted by atomic mass is 9.94. The van der Waals surface area contributed by atoms with Crippen molar-refractivity contribution >= 4 is 5.91 Å². The number of hydrogen-bond donors (Lipinski definition) is 1. The highest BCUT2D eigenvalue weighted by atomic mass is 19.1. The molecule has 1 aliphatic heterocycles. The summed E-state index contributed by atoms with van der Waals surface area (Å²) >= 11 is 0. The number of likely N-dealkylation sites (tertiary alicyclic amines) is 1. The van der Waals surface area contributed by atoms with Crippen LogP contribution in [0.15, 0.2) is 50.6 Å². The van der Waals surface area contributed by atoms with Crippen LogP contribution in [0.1, 0.15) is 25.2 Å². The van der Waals surface area contributed by atoms with Crippen molar-refractivity contribution in [2.75, 3.05) is 13.1 Å². The summed E-state index contributed by atoms with van der Waals surface area (Å²) in [4.78, 5) is 43.8. The van der Waals surface area contributed by atoms with Gasteiger partial charge < -0.3 is 14.0 Å². The maximum atomic E-state index is 13.9. The number of aromatic nitrogens is 4. The van der Waals surface area contributed by atoms with Gasteiger partial charge in [-0.1, -0.05) is 17.3 Å². The number of amides is 1. The zero-order valence-electron chi connectivity index (χ0n) is 16.8. The van der Waals surface area contributed by atoms with Crippen LogP contribution in [0.4, 0.5) is 4.39 Å². The van der Waals surface area contributed by atoms with Gasteiger partial charge in [0.2, 0.25) is 17.6 Å². The van der Waals surface area contributed by atoms with Crippen LogP contribution in [0.5, 0.6) is 0 Å². The van der Waals surface area contributed by atoms with Gasteiger partial charge in [0.15, 0.2) is 0 Å². The highest BCUT2D eigenvalue weighted by Gasteiger charge is 2.25. The molecule has 4 rings (SSSR count). The van der Waals surface area contributed by atoms with Crippen LogP contribution in [0, 0.1) is 11.7 Å². The number of halogens is 1. The summed E-state index contributed by atoms with van der Waals surface area (Å²) in [7, 11) is 0. The number of H-pyrrole nitrogens is 1. The molecule has 162 valence electrons. The van der Waals surface area contributed by atoms with Crippen LogP contribution >= 0.6 is 0 Å². The lowest BCUT2D eigenvalue weighted by Crippen LogP contribution is -2.41. The Morgan fingerprint density at radius 2 is 2.10 bits per heavy atom. The van der Waals surface area contributed by atoms with Gasteiger partial charge in [-0.25, -0.2) is 9.18 Å². The summed E-state index contributed by atoms with van der Waals surface area (Å²) in [5.74, 6) is 0.314. The summed E-state index contributed by atoms with van der Waals surface area (Å²) in [6.45, 7) is 1.40. The highest BCUT2D eigenvalue weighted by molar-refractivity contribution is 5.76. The molecule has 2 aromatic heterocycles.